The number of amides is 1. The predicted octanol–water partition coefficient (Wildman–Crippen LogP) is 0.753. The summed E-state index contributed by atoms with van der Waals surface area (Å²) < 4.78 is 0. The Labute approximate surface area is 118 Å². The second-order valence-electron chi connectivity index (χ2n) is 3.87. The first-order valence-corrected chi connectivity index (χ1v) is 7.90. The normalized spacial score (nSPS) is 18.8. The Morgan fingerprint density at radius 3 is 2.63 bits per heavy atom. The van der Waals surface area contributed by atoms with Crippen LogP contribution in [0.2, 0.25) is 0 Å². The number of rotatable bonds is 4. The number of carboxylic acids is 1. The fourth-order valence-electron chi connectivity index (χ4n) is 1.51. The van der Waals surface area contributed by atoms with Gasteiger partial charge in [-0.2, -0.15) is 23.5 Å². The number of aromatic nitrogens is 2. The Morgan fingerprint density at radius 2 is 2.05 bits per heavy atom. The van der Waals surface area contributed by atoms with Gasteiger partial charge in [-0.1, -0.05) is 0 Å². The van der Waals surface area contributed by atoms with E-state index in [1.807, 2.05) is 23.5 Å². The summed E-state index contributed by atoms with van der Waals surface area (Å²) in [6.45, 7) is 0.596. The first-order valence-electron chi connectivity index (χ1n) is 5.69. The maximum atomic E-state index is 11.8. The van der Waals surface area contributed by atoms with E-state index in [0.717, 1.165) is 23.5 Å². The number of hydrogen-bond acceptors (Lipinski definition) is 6. The fourth-order valence-corrected chi connectivity index (χ4v) is 4.12. The molecule has 0 bridgehead atoms. The molecule has 0 spiro atoms. The Hall–Kier alpha value is -1.28. The van der Waals surface area contributed by atoms with Crippen molar-refractivity contribution in [2.45, 2.75) is 5.25 Å². The van der Waals surface area contributed by atoms with Gasteiger partial charge in [-0.25, -0.2) is 14.8 Å². The van der Waals surface area contributed by atoms with Crippen molar-refractivity contribution in [1.82, 2.24) is 15.3 Å². The van der Waals surface area contributed by atoms with Crippen molar-refractivity contribution in [3.05, 3.63) is 23.8 Å². The molecule has 1 amide bonds. The molecule has 6 nitrogen and oxygen atoms in total. The monoisotopic (exact) mass is 299 g/mol. The van der Waals surface area contributed by atoms with Crippen LogP contribution in [0, 0.1) is 0 Å². The summed E-state index contributed by atoms with van der Waals surface area (Å²) in [6.07, 6.45) is 2.27. The lowest BCUT2D eigenvalue weighted by molar-refractivity contribution is 0.0689. The maximum absolute atomic E-state index is 11.8. The molecular weight excluding hydrogens is 286 g/mol. The number of thioether (sulfide) groups is 2. The molecule has 1 aromatic rings. The molecule has 0 saturated carbocycles. The third-order valence-corrected chi connectivity index (χ3v) is 5.32. The summed E-state index contributed by atoms with van der Waals surface area (Å²) in [5, 5.41) is 11.9. The van der Waals surface area contributed by atoms with E-state index in [2.05, 4.69) is 15.3 Å². The number of carbonyl (C=O) groups excluding carboxylic acids is 1. The average Bonchev–Trinajstić information content (AvgIpc) is 2.46. The van der Waals surface area contributed by atoms with E-state index in [1.54, 1.807) is 0 Å². The van der Waals surface area contributed by atoms with Crippen LogP contribution >= 0.6 is 23.5 Å². The molecule has 1 fully saturated rings. The number of hydrogen-bond donors (Lipinski definition) is 2. The fraction of sp³-hybridized carbons (Fsp3) is 0.455. The van der Waals surface area contributed by atoms with Crippen molar-refractivity contribution >= 4 is 35.4 Å². The Bertz CT molecular complexity index is 461. The zero-order valence-corrected chi connectivity index (χ0v) is 11.7. The van der Waals surface area contributed by atoms with Crippen LogP contribution in [0.15, 0.2) is 12.4 Å². The first-order chi connectivity index (χ1) is 9.16. The molecule has 2 rings (SSSR count). The van der Waals surface area contributed by atoms with Crippen LogP contribution in [0.25, 0.3) is 0 Å². The van der Waals surface area contributed by atoms with Crippen LogP contribution < -0.4 is 5.32 Å². The minimum absolute atomic E-state index is 0.137. The molecule has 102 valence electrons. The summed E-state index contributed by atoms with van der Waals surface area (Å²) >= 11 is 3.75. The highest BCUT2D eigenvalue weighted by Gasteiger charge is 2.16. The lowest BCUT2D eigenvalue weighted by Gasteiger charge is -2.20. The Kier molecular flexibility index (Phi) is 5.03. The number of nitrogens with one attached hydrogen (secondary N) is 1. The van der Waals surface area contributed by atoms with Crippen LogP contribution in [0.3, 0.4) is 0 Å². The van der Waals surface area contributed by atoms with E-state index in [1.165, 1.54) is 6.20 Å². The van der Waals surface area contributed by atoms with E-state index in [-0.39, 0.29) is 17.3 Å². The second kappa shape index (κ2) is 6.76. The summed E-state index contributed by atoms with van der Waals surface area (Å²) in [7, 11) is 0. The van der Waals surface area contributed by atoms with Gasteiger partial charge in [0.05, 0.1) is 12.4 Å². The molecule has 1 aromatic heterocycles. The minimum atomic E-state index is -1.16. The van der Waals surface area contributed by atoms with E-state index >= 15 is 0 Å². The van der Waals surface area contributed by atoms with Crippen LogP contribution in [-0.4, -0.2) is 56.0 Å². The van der Waals surface area contributed by atoms with Crippen LogP contribution in [-0.2, 0) is 0 Å². The van der Waals surface area contributed by atoms with Gasteiger partial charge in [0.2, 0.25) is 0 Å². The zero-order chi connectivity index (χ0) is 13.7. The van der Waals surface area contributed by atoms with Gasteiger partial charge < -0.3 is 10.4 Å². The molecule has 0 aromatic carbocycles. The molecule has 0 aliphatic carbocycles. The van der Waals surface area contributed by atoms with E-state index in [9.17, 15) is 9.59 Å². The Morgan fingerprint density at radius 1 is 1.32 bits per heavy atom. The summed E-state index contributed by atoms with van der Waals surface area (Å²) in [4.78, 5) is 29.9. The van der Waals surface area contributed by atoms with Crippen LogP contribution in [0.5, 0.6) is 0 Å². The number of carboxylic acid groups (broad SMARTS) is 1. The highest BCUT2D eigenvalue weighted by atomic mass is 32.2. The molecule has 1 aliphatic heterocycles. The topological polar surface area (TPSA) is 92.2 Å². The molecule has 1 unspecified atom stereocenters. The number of nitrogens with zero attached hydrogens (tertiary/aromatic N) is 2. The molecule has 2 N–H and O–H groups in total. The highest BCUT2D eigenvalue weighted by Crippen LogP contribution is 2.23. The van der Waals surface area contributed by atoms with Gasteiger partial charge in [0.25, 0.3) is 5.91 Å². The van der Waals surface area contributed by atoms with Gasteiger partial charge in [-0.05, 0) is 0 Å². The second-order valence-corrected chi connectivity index (χ2v) is 6.43. The van der Waals surface area contributed by atoms with Crippen molar-refractivity contribution in [3.8, 4) is 0 Å². The number of aromatic carboxylic acids is 1. The summed E-state index contributed by atoms with van der Waals surface area (Å²) in [5.41, 5.74) is -0.0331. The van der Waals surface area contributed by atoms with Crippen molar-refractivity contribution in [2.75, 3.05) is 23.8 Å². The van der Waals surface area contributed by atoms with Crippen molar-refractivity contribution in [1.29, 1.82) is 0 Å². The molecule has 2 heterocycles. The third kappa shape index (κ3) is 4.10. The average molecular weight is 299 g/mol. The minimum Gasteiger partial charge on any atom is -0.476 e. The van der Waals surface area contributed by atoms with Crippen LogP contribution in [0.1, 0.15) is 21.0 Å². The smallest absolute Gasteiger partial charge is 0.356 e. The lowest BCUT2D eigenvalue weighted by Crippen LogP contribution is -2.34. The predicted molar refractivity (Wildman–Crippen MR) is 74.9 cm³/mol. The lowest BCUT2D eigenvalue weighted by atomic mass is 10.3. The molecular formula is C11H13N3O3S2. The molecule has 19 heavy (non-hydrogen) atoms. The van der Waals surface area contributed by atoms with Gasteiger partial charge in [-0.15, -0.1) is 0 Å². The summed E-state index contributed by atoms with van der Waals surface area (Å²) in [6, 6.07) is 0. The molecule has 0 radical (unpaired) electrons. The van der Waals surface area contributed by atoms with E-state index in [4.69, 9.17) is 5.11 Å². The Balaban J connectivity index is 1.86. The highest BCUT2D eigenvalue weighted by molar-refractivity contribution is 8.06. The van der Waals surface area contributed by atoms with Gasteiger partial charge in [0, 0.05) is 29.1 Å². The van der Waals surface area contributed by atoms with Gasteiger partial charge in [0.15, 0.2) is 5.69 Å². The SMILES string of the molecule is O=C(O)c1cnc(C(=O)NCC2CSCCS2)cn1. The third-order valence-electron chi connectivity index (χ3n) is 2.48. The molecule has 8 heteroatoms. The van der Waals surface area contributed by atoms with Crippen LogP contribution in [0.4, 0.5) is 0 Å². The van der Waals surface area contributed by atoms with Gasteiger partial charge in [0.1, 0.15) is 5.69 Å². The van der Waals surface area contributed by atoms with E-state index < -0.39 is 5.97 Å². The summed E-state index contributed by atoms with van der Waals surface area (Å²) in [5.74, 6) is 1.83. The standard InChI is InChI=1S/C11H13N3O3S2/c15-10(14-3-7-6-18-1-2-19-7)8-4-13-9(5-12-8)11(16)17/h4-5,7H,1-3,6H2,(H,14,15)(H,16,17). The van der Waals surface area contributed by atoms with Gasteiger partial charge >= 0.3 is 5.97 Å². The molecule has 1 aliphatic rings. The quantitative estimate of drug-likeness (QED) is 0.847. The first kappa shape index (κ1) is 14.1. The van der Waals surface area contributed by atoms with Crippen molar-refractivity contribution < 1.29 is 14.7 Å². The van der Waals surface area contributed by atoms with Crippen molar-refractivity contribution in [2.24, 2.45) is 0 Å². The van der Waals surface area contributed by atoms with E-state index in [0.29, 0.717) is 11.8 Å². The number of carbonyl (C=O) groups is 2. The van der Waals surface area contributed by atoms with Crippen molar-refractivity contribution in [3.63, 3.8) is 0 Å². The zero-order valence-electron chi connectivity index (χ0n) is 10.0. The molecule has 1 atom stereocenters. The largest absolute Gasteiger partial charge is 0.476 e. The van der Waals surface area contributed by atoms with Gasteiger partial charge in [-0.3, -0.25) is 4.79 Å². The molecule has 1 saturated heterocycles. The maximum Gasteiger partial charge on any atom is 0.356 e.